The van der Waals surface area contributed by atoms with Gasteiger partial charge in [0.25, 0.3) is 0 Å². The third kappa shape index (κ3) is 7.46. The molecule has 3 saturated heterocycles. The summed E-state index contributed by atoms with van der Waals surface area (Å²) in [6, 6.07) is 0.976. The predicted molar refractivity (Wildman–Crippen MR) is 146 cm³/mol. The number of nitrogens with one attached hydrogen (secondary N) is 5. The second-order valence-corrected chi connectivity index (χ2v) is 13.1. The highest BCUT2D eigenvalue weighted by molar-refractivity contribution is 5.82. The Balaban J connectivity index is 1.03. The molecule has 0 bridgehead atoms. The number of ether oxygens (including phenoxy) is 1. The highest BCUT2D eigenvalue weighted by Gasteiger charge is 2.45. The van der Waals surface area contributed by atoms with E-state index in [-0.39, 0.29) is 30.1 Å². The Bertz CT molecular complexity index is 730. The molecule has 0 aromatic carbocycles. The van der Waals surface area contributed by atoms with Gasteiger partial charge < -0.3 is 36.4 Å². The lowest BCUT2D eigenvalue weighted by atomic mass is 9.78. The summed E-state index contributed by atoms with van der Waals surface area (Å²) in [5, 5.41) is 28.2. The Morgan fingerprint density at radius 1 is 1.05 bits per heavy atom. The molecule has 1 amide bonds. The van der Waals surface area contributed by atoms with Crippen LogP contribution in [0.25, 0.3) is 0 Å². The smallest absolute Gasteiger partial charge is 0.237 e. The number of amides is 1. The number of fused-ring (bicyclic) bond motifs is 1. The maximum absolute atomic E-state index is 13.4. The molecule has 0 spiro atoms. The molecule has 5 fully saturated rings. The summed E-state index contributed by atoms with van der Waals surface area (Å²) in [6.07, 6.45) is 10.4. The quantitative estimate of drug-likeness (QED) is 0.245. The Labute approximate surface area is 224 Å². The average Bonchev–Trinajstić information content (AvgIpc) is 3.64. The molecule has 3 heterocycles. The normalized spacial score (nSPS) is 40.1. The van der Waals surface area contributed by atoms with Gasteiger partial charge >= 0.3 is 0 Å². The molecule has 0 aromatic rings. The molecule has 8 nitrogen and oxygen atoms in total. The minimum absolute atomic E-state index is 0.0312. The molecule has 2 saturated carbocycles. The largest absolute Gasteiger partial charge is 0.389 e. The number of carbonyl (C=O) groups is 1. The van der Waals surface area contributed by atoms with Crippen LogP contribution >= 0.6 is 0 Å². The topological polar surface area (TPSA) is 107 Å². The van der Waals surface area contributed by atoms with Gasteiger partial charge in [0.15, 0.2) is 0 Å². The fourth-order valence-electron chi connectivity index (χ4n) is 7.68. The zero-order chi connectivity index (χ0) is 25.8. The van der Waals surface area contributed by atoms with Crippen LogP contribution in [0.3, 0.4) is 0 Å². The van der Waals surface area contributed by atoms with E-state index in [1.165, 1.54) is 44.9 Å². The first-order valence-corrected chi connectivity index (χ1v) is 15.5. The van der Waals surface area contributed by atoms with Gasteiger partial charge in [0.05, 0.1) is 24.9 Å². The summed E-state index contributed by atoms with van der Waals surface area (Å²) < 4.78 is 6.13. The molecule has 8 heteroatoms. The van der Waals surface area contributed by atoms with Gasteiger partial charge in [-0.3, -0.25) is 4.79 Å². The van der Waals surface area contributed by atoms with Gasteiger partial charge in [0.1, 0.15) is 0 Å². The molecular formula is C29H53N5O3. The molecule has 37 heavy (non-hydrogen) atoms. The third-order valence-corrected chi connectivity index (χ3v) is 9.99. The summed E-state index contributed by atoms with van der Waals surface area (Å²) in [4.78, 5) is 13.4. The zero-order valence-corrected chi connectivity index (χ0v) is 23.2. The van der Waals surface area contributed by atoms with E-state index in [4.69, 9.17) is 4.74 Å². The number of piperidine rings is 2. The van der Waals surface area contributed by atoms with Gasteiger partial charge in [0.2, 0.25) is 5.91 Å². The second kappa shape index (κ2) is 13.1. The van der Waals surface area contributed by atoms with E-state index >= 15 is 0 Å². The van der Waals surface area contributed by atoms with E-state index < -0.39 is 6.10 Å². The van der Waals surface area contributed by atoms with Crippen molar-refractivity contribution in [1.29, 1.82) is 0 Å². The number of aliphatic hydroxyl groups excluding tert-OH is 1. The van der Waals surface area contributed by atoms with Crippen LogP contribution in [-0.2, 0) is 9.53 Å². The fourth-order valence-corrected chi connectivity index (χ4v) is 7.68. The summed E-state index contributed by atoms with van der Waals surface area (Å²) in [5.41, 5.74) is 0. The molecule has 6 N–H and O–H groups in total. The summed E-state index contributed by atoms with van der Waals surface area (Å²) in [7, 11) is 0. The lowest BCUT2D eigenvalue weighted by Gasteiger charge is -2.40. The predicted octanol–water partition coefficient (Wildman–Crippen LogP) is 1.38. The van der Waals surface area contributed by atoms with E-state index in [1.807, 2.05) is 0 Å². The Morgan fingerprint density at radius 2 is 1.92 bits per heavy atom. The molecular weight excluding hydrogens is 466 g/mol. The van der Waals surface area contributed by atoms with Crippen LogP contribution in [-0.4, -0.2) is 86.7 Å². The van der Waals surface area contributed by atoms with E-state index in [1.54, 1.807) is 0 Å². The van der Waals surface area contributed by atoms with Gasteiger partial charge in [-0.15, -0.1) is 0 Å². The van der Waals surface area contributed by atoms with Crippen molar-refractivity contribution in [3.63, 3.8) is 0 Å². The number of hydrogen-bond acceptors (Lipinski definition) is 7. The molecule has 2 aliphatic carbocycles. The second-order valence-electron chi connectivity index (χ2n) is 13.1. The van der Waals surface area contributed by atoms with Gasteiger partial charge in [-0.1, -0.05) is 20.3 Å². The minimum Gasteiger partial charge on any atom is -0.389 e. The number of rotatable bonds is 11. The average molecular weight is 520 g/mol. The molecule has 212 valence electrons. The van der Waals surface area contributed by atoms with Crippen molar-refractivity contribution >= 4 is 5.91 Å². The molecule has 10 atom stereocenters. The maximum atomic E-state index is 13.4. The SMILES string of the molecule is CC1CCCC2CC(C(=O)NC(C3CC3)C3NCC(OCC(O)CNCC4CCCNC4)CC3C)NC12. The van der Waals surface area contributed by atoms with Crippen LogP contribution in [0.2, 0.25) is 0 Å². The lowest BCUT2D eigenvalue weighted by molar-refractivity contribution is -0.124. The van der Waals surface area contributed by atoms with Crippen molar-refractivity contribution in [1.82, 2.24) is 26.6 Å². The molecule has 3 aliphatic heterocycles. The van der Waals surface area contributed by atoms with Gasteiger partial charge in [-0.05, 0) is 101 Å². The monoisotopic (exact) mass is 519 g/mol. The zero-order valence-electron chi connectivity index (χ0n) is 23.2. The Hall–Kier alpha value is -0.770. The van der Waals surface area contributed by atoms with Crippen molar-refractivity contribution in [3.8, 4) is 0 Å². The standard InChI is InChI=1S/C29H53N5O3/c1-18-5-3-7-22-12-25(33-26(18)22)29(36)34-28(21-8-9-21)27-19(2)11-24(16-32-27)37-17-23(35)15-31-14-20-6-4-10-30-13-20/h18-28,30-33,35H,3-17H2,1-2H3,(H,34,36). The summed E-state index contributed by atoms with van der Waals surface area (Å²) in [5.74, 6) is 3.23. The first-order chi connectivity index (χ1) is 18.0. The van der Waals surface area contributed by atoms with E-state index in [0.29, 0.717) is 48.8 Å². The van der Waals surface area contributed by atoms with Crippen LogP contribution in [0, 0.1) is 29.6 Å². The summed E-state index contributed by atoms with van der Waals surface area (Å²) in [6.45, 7) is 9.53. The minimum atomic E-state index is -0.478. The van der Waals surface area contributed by atoms with Crippen LogP contribution < -0.4 is 26.6 Å². The third-order valence-electron chi connectivity index (χ3n) is 9.99. The van der Waals surface area contributed by atoms with Crippen molar-refractivity contribution in [3.05, 3.63) is 0 Å². The first kappa shape index (κ1) is 27.8. The van der Waals surface area contributed by atoms with E-state index in [0.717, 1.165) is 39.0 Å². The molecule has 5 aliphatic rings. The van der Waals surface area contributed by atoms with Crippen LogP contribution in [0.1, 0.15) is 71.6 Å². The number of aliphatic hydroxyl groups is 1. The highest BCUT2D eigenvalue weighted by Crippen LogP contribution is 2.39. The Morgan fingerprint density at radius 3 is 2.65 bits per heavy atom. The van der Waals surface area contributed by atoms with Crippen LogP contribution in [0.5, 0.6) is 0 Å². The number of hydrogen-bond donors (Lipinski definition) is 6. The van der Waals surface area contributed by atoms with E-state index in [2.05, 4.69) is 40.4 Å². The first-order valence-electron chi connectivity index (χ1n) is 15.5. The van der Waals surface area contributed by atoms with E-state index in [9.17, 15) is 9.90 Å². The van der Waals surface area contributed by atoms with Crippen LogP contribution in [0.4, 0.5) is 0 Å². The lowest BCUT2D eigenvalue weighted by Crippen LogP contribution is -2.60. The maximum Gasteiger partial charge on any atom is 0.237 e. The van der Waals surface area contributed by atoms with Crippen LogP contribution in [0.15, 0.2) is 0 Å². The van der Waals surface area contributed by atoms with Crippen molar-refractivity contribution in [2.45, 2.75) is 108 Å². The Kier molecular flexibility index (Phi) is 9.80. The summed E-state index contributed by atoms with van der Waals surface area (Å²) >= 11 is 0. The highest BCUT2D eigenvalue weighted by atomic mass is 16.5. The molecule has 0 radical (unpaired) electrons. The number of carbonyl (C=O) groups excluding carboxylic acids is 1. The van der Waals surface area contributed by atoms with Crippen molar-refractivity contribution in [2.75, 3.05) is 39.3 Å². The molecule has 10 unspecified atom stereocenters. The van der Waals surface area contributed by atoms with Gasteiger partial charge in [0, 0.05) is 31.2 Å². The molecule has 5 rings (SSSR count). The van der Waals surface area contributed by atoms with Crippen molar-refractivity contribution < 1.29 is 14.6 Å². The van der Waals surface area contributed by atoms with Gasteiger partial charge in [-0.25, -0.2) is 0 Å². The molecule has 0 aromatic heterocycles. The fraction of sp³-hybridized carbons (Fsp3) is 0.966. The van der Waals surface area contributed by atoms with Gasteiger partial charge in [-0.2, -0.15) is 0 Å². The van der Waals surface area contributed by atoms with Crippen molar-refractivity contribution in [2.24, 2.45) is 29.6 Å².